The fourth-order valence-electron chi connectivity index (χ4n) is 3.43. The first-order valence-corrected chi connectivity index (χ1v) is 10.4. The molecule has 2 amide bonds. The number of fused-ring (bicyclic) bond motifs is 1. The Morgan fingerprint density at radius 3 is 2.39 bits per heavy atom. The van der Waals surface area contributed by atoms with Gasteiger partial charge in [0.15, 0.2) is 0 Å². The number of hydrogen-bond acceptors (Lipinski definition) is 4. The van der Waals surface area contributed by atoms with E-state index in [1.165, 1.54) is 11.8 Å². The number of para-hydroxylation sites is 1. The van der Waals surface area contributed by atoms with Crippen LogP contribution in [0.1, 0.15) is 25.0 Å². The number of carbonyl (C=O) groups is 2. The van der Waals surface area contributed by atoms with Gasteiger partial charge in [0.05, 0.1) is 22.7 Å². The number of halogens is 1. The maximum Gasteiger partial charge on any atom is 0.267 e. The molecule has 7 heteroatoms. The average Bonchev–Trinajstić information content (AvgIpc) is 3.10. The number of rotatable bonds is 3. The summed E-state index contributed by atoms with van der Waals surface area (Å²) in [4.78, 5) is 30.0. The van der Waals surface area contributed by atoms with Crippen molar-refractivity contribution in [2.75, 3.05) is 4.90 Å². The summed E-state index contributed by atoms with van der Waals surface area (Å²) < 4.78 is 0.484. The summed E-state index contributed by atoms with van der Waals surface area (Å²) in [6.45, 7) is 4.16. The van der Waals surface area contributed by atoms with Crippen molar-refractivity contribution < 1.29 is 9.59 Å². The summed E-state index contributed by atoms with van der Waals surface area (Å²) in [6.07, 6.45) is 0. The van der Waals surface area contributed by atoms with Gasteiger partial charge in [0.25, 0.3) is 11.8 Å². The van der Waals surface area contributed by atoms with Crippen LogP contribution in [0, 0.1) is 0 Å². The van der Waals surface area contributed by atoms with Crippen LogP contribution in [0.4, 0.5) is 5.69 Å². The van der Waals surface area contributed by atoms with Crippen molar-refractivity contribution in [1.29, 1.82) is 0 Å². The quantitative estimate of drug-likeness (QED) is 0.516. The molecular weight excluding hydrogens is 412 g/mol. The van der Waals surface area contributed by atoms with Crippen LogP contribution in [0.15, 0.2) is 53.4 Å². The summed E-state index contributed by atoms with van der Waals surface area (Å²) in [5.74, 6) is -0.409. The van der Waals surface area contributed by atoms with Crippen LogP contribution in [-0.2, 0) is 16.1 Å². The molecule has 0 bridgehead atoms. The van der Waals surface area contributed by atoms with Crippen LogP contribution in [0.2, 0.25) is 5.02 Å². The van der Waals surface area contributed by atoms with Crippen LogP contribution in [0.25, 0.3) is 5.57 Å². The minimum absolute atomic E-state index is 0.0587. The van der Waals surface area contributed by atoms with Gasteiger partial charge in [-0.2, -0.15) is 0 Å². The molecular formula is C21H17ClN2O2S2. The van der Waals surface area contributed by atoms with Crippen LogP contribution in [-0.4, -0.2) is 27.1 Å². The second kappa shape index (κ2) is 7.35. The van der Waals surface area contributed by atoms with Gasteiger partial charge in [0, 0.05) is 16.6 Å². The Kier molecular flexibility index (Phi) is 5.04. The fraction of sp³-hybridized carbons (Fsp3) is 0.190. The molecule has 4 nitrogen and oxygen atoms in total. The van der Waals surface area contributed by atoms with Gasteiger partial charge in [-0.05, 0) is 31.5 Å². The van der Waals surface area contributed by atoms with Crippen molar-refractivity contribution in [2.45, 2.75) is 26.4 Å². The Bertz CT molecular complexity index is 1050. The molecule has 2 aliphatic rings. The molecule has 0 unspecified atom stereocenters. The van der Waals surface area contributed by atoms with E-state index in [-0.39, 0.29) is 17.9 Å². The van der Waals surface area contributed by atoms with Crippen molar-refractivity contribution in [3.05, 3.63) is 69.6 Å². The zero-order chi connectivity index (χ0) is 20.0. The third kappa shape index (κ3) is 3.05. The van der Waals surface area contributed by atoms with E-state index in [1.807, 2.05) is 56.3 Å². The Morgan fingerprint density at radius 2 is 1.71 bits per heavy atom. The van der Waals surface area contributed by atoms with Crippen molar-refractivity contribution in [2.24, 2.45) is 0 Å². The highest BCUT2D eigenvalue weighted by molar-refractivity contribution is 8.26. The van der Waals surface area contributed by atoms with E-state index in [0.717, 1.165) is 16.8 Å². The van der Waals surface area contributed by atoms with Gasteiger partial charge in [0.1, 0.15) is 4.32 Å². The molecule has 0 aliphatic carbocycles. The lowest BCUT2D eigenvalue weighted by molar-refractivity contribution is -0.123. The minimum Gasteiger partial charge on any atom is -0.303 e. The van der Waals surface area contributed by atoms with Gasteiger partial charge >= 0.3 is 0 Å². The van der Waals surface area contributed by atoms with Gasteiger partial charge < -0.3 is 4.90 Å². The Morgan fingerprint density at radius 1 is 1.04 bits per heavy atom. The largest absolute Gasteiger partial charge is 0.303 e. The standard InChI is InChI=1S/C21H17ClN2O2S2/c1-12(2)24-20(26)18(28-21(24)27)17-14-8-4-6-10-16(14)23(19(17)25)11-13-7-3-5-9-15(13)22/h3-10,12H,11H2,1-2H3. The SMILES string of the molecule is CC(C)N1C(=O)C(=C2C(=O)N(Cc3ccccc3Cl)c3ccccc32)SC1=S. The molecule has 0 atom stereocenters. The lowest BCUT2D eigenvalue weighted by atomic mass is 10.1. The molecule has 4 rings (SSSR count). The van der Waals surface area contributed by atoms with Gasteiger partial charge in [-0.1, -0.05) is 72.0 Å². The van der Waals surface area contributed by atoms with E-state index >= 15 is 0 Å². The number of amides is 2. The van der Waals surface area contributed by atoms with Gasteiger partial charge in [-0.25, -0.2) is 0 Å². The lowest BCUT2D eigenvalue weighted by Gasteiger charge is -2.19. The molecule has 2 heterocycles. The number of thioether (sulfide) groups is 1. The van der Waals surface area contributed by atoms with Crippen LogP contribution in [0.5, 0.6) is 0 Å². The monoisotopic (exact) mass is 428 g/mol. The molecule has 142 valence electrons. The summed E-state index contributed by atoms with van der Waals surface area (Å²) in [5, 5.41) is 0.604. The van der Waals surface area contributed by atoms with Crippen molar-refractivity contribution in [1.82, 2.24) is 4.90 Å². The second-order valence-electron chi connectivity index (χ2n) is 6.84. The first-order valence-electron chi connectivity index (χ1n) is 8.84. The fourth-order valence-corrected chi connectivity index (χ4v) is 5.22. The van der Waals surface area contributed by atoms with Crippen LogP contribution < -0.4 is 4.90 Å². The molecule has 0 radical (unpaired) electrons. The number of benzene rings is 2. The molecule has 0 saturated carbocycles. The number of carbonyl (C=O) groups excluding carboxylic acids is 2. The highest BCUT2D eigenvalue weighted by Gasteiger charge is 2.42. The Hall–Kier alpha value is -2.15. The van der Waals surface area contributed by atoms with E-state index in [2.05, 4.69) is 0 Å². The summed E-state index contributed by atoms with van der Waals surface area (Å²) in [7, 11) is 0. The van der Waals surface area contributed by atoms with Gasteiger partial charge in [-0.15, -0.1) is 0 Å². The molecule has 0 spiro atoms. The molecule has 2 aliphatic heterocycles. The molecule has 0 N–H and O–H groups in total. The number of thiocarbonyl (C=S) groups is 1. The highest BCUT2D eigenvalue weighted by atomic mass is 35.5. The number of nitrogens with zero attached hydrogens (tertiary/aromatic N) is 2. The van der Waals surface area contributed by atoms with Crippen molar-refractivity contribution in [3.63, 3.8) is 0 Å². The average molecular weight is 429 g/mol. The first-order chi connectivity index (χ1) is 13.4. The van der Waals surface area contributed by atoms with E-state index < -0.39 is 0 Å². The molecule has 0 aromatic heterocycles. The first kappa shape index (κ1) is 19.2. The van der Waals surface area contributed by atoms with Crippen molar-refractivity contribution in [3.8, 4) is 0 Å². The zero-order valence-electron chi connectivity index (χ0n) is 15.3. The smallest absolute Gasteiger partial charge is 0.267 e. The predicted octanol–water partition coefficient (Wildman–Crippen LogP) is 4.87. The van der Waals surface area contributed by atoms with E-state index in [0.29, 0.717) is 26.4 Å². The predicted molar refractivity (Wildman–Crippen MR) is 118 cm³/mol. The molecule has 2 aromatic carbocycles. The molecule has 1 saturated heterocycles. The van der Waals surface area contributed by atoms with E-state index in [9.17, 15) is 9.59 Å². The third-order valence-electron chi connectivity index (χ3n) is 4.75. The number of anilines is 1. The van der Waals surface area contributed by atoms with E-state index in [4.69, 9.17) is 23.8 Å². The summed E-state index contributed by atoms with van der Waals surface area (Å²) in [5.41, 5.74) is 2.80. The zero-order valence-corrected chi connectivity index (χ0v) is 17.7. The topological polar surface area (TPSA) is 40.6 Å². The second-order valence-corrected chi connectivity index (χ2v) is 8.89. The lowest BCUT2D eigenvalue weighted by Crippen LogP contribution is -2.35. The third-order valence-corrected chi connectivity index (χ3v) is 6.52. The molecule has 1 fully saturated rings. The van der Waals surface area contributed by atoms with Gasteiger partial charge in [-0.3, -0.25) is 14.5 Å². The minimum atomic E-state index is -0.206. The van der Waals surface area contributed by atoms with Crippen molar-refractivity contribution >= 4 is 63.0 Å². The van der Waals surface area contributed by atoms with Crippen LogP contribution in [0.3, 0.4) is 0 Å². The summed E-state index contributed by atoms with van der Waals surface area (Å²) in [6, 6.07) is 14.9. The molecule has 28 heavy (non-hydrogen) atoms. The molecule has 2 aromatic rings. The normalized spacial score (nSPS) is 19.2. The van der Waals surface area contributed by atoms with E-state index in [1.54, 1.807) is 15.9 Å². The van der Waals surface area contributed by atoms with Gasteiger partial charge in [0.2, 0.25) is 0 Å². The number of hydrogen-bond donors (Lipinski definition) is 0. The maximum absolute atomic E-state index is 13.4. The highest BCUT2D eigenvalue weighted by Crippen LogP contribution is 2.45. The Labute approximate surface area is 178 Å². The Balaban J connectivity index is 1.81. The summed E-state index contributed by atoms with van der Waals surface area (Å²) >= 11 is 12.9. The maximum atomic E-state index is 13.4. The van der Waals surface area contributed by atoms with Crippen LogP contribution >= 0.6 is 35.6 Å².